The quantitative estimate of drug-likeness (QED) is 0.646. The highest BCUT2D eigenvalue weighted by Gasteiger charge is 2.36. The number of allylic oxidation sites excluding steroid dienone is 3. The molecule has 1 aliphatic carbocycles. The first-order valence-electron chi connectivity index (χ1n) is 10.0. The van der Waals surface area contributed by atoms with Gasteiger partial charge >= 0.3 is 0 Å². The van der Waals surface area contributed by atoms with E-state index in [2.05, 4.69) is 36.7 Å². The van der Waals surface area contributed by atoms with E-state index in [4.69, 9.17) is 14.2 Å². The smallest absolute Gasteiger partial charge is 0.142 e. The van der Waals surface area contributed by atoms with Crippen molar-refractivity contribution in [2.24, 2.45) is 5.92 Å². The van der Waals surface area contributed by atoms with Crippen molar-refractivity contribution < 1.29 is 14.2 Å². The summed E-state index contributed by atoms with van der Waals surface area (Å²) in [6.07, 6.45) is 8.36. The zero-order chi connectivity index (χ0) is 19.7. The third kappa shape index (κ3) is 3.32. The summed E-state index contributed by atoms with van der Waals surface area (Å²) in [4.78, 5) is 2.30. The van der Waals surface area contributed by atoms with Crippen LogP contribution >= 0.6 is 0 Å². The molecule has 0 bridgehead atoms. The topological polar surface area (TPSA) is 30.9 Å². The summed E-state index contributed by atoms with van der Waals surface area (Å²) in [6, 6.07) is 8.21. The van der Waals surface area contributed by atoms with E-state index in [1.165, 1.54) is 16.7 Å². The standard InChI is InChI=1S/C24H29NO3/c1-5-6-17-14-25(18-7-9-19(26-3)10-8-18)15-23(27-4)24-20(17)11-12-22-21(24)13-16(2)28-22/h5,7-10,15-17H,1,6,11-14H2,2-4H3. The molecule has 4 heteroatoms. The number of nitrogens with zero attached hydrogens (tertiary/aromatic N) is 1. The molecule has 0 N–H and O–H groups in total. The molecule has 2 unspecified atom stereocenters. The Morgan fingerprint density at radius 1 is 1.18 bits per heavy atom. The van der Waals surface area contributed by atoms with Crippen molar-refractivity contribution in [1.29, 1.82) is 0 Å². The zero-order valence-corrected chi connectivity index (χ0v) is 17.0. The lowest BCUT2D eigenvalue weighted by molar-refractivity contribution is 0.152. The molecule has 0 radical (unpaired) electrons. The van der Waals surface area contributed by atoms with Crippen LogP contribution in [-0.4, -0.2) is 26.9 Å². The van der Waals surface area contributed by atoms with Gasteiger partial charge in [-0.2, -0.15) is 0 Å². The molecule has 0 amide bonds. The fraction of sp³-hybridized carbons (Fsp3) is 0.417. The first-order valence-corrected chi connectivity index (χ1v) is 10.0. The van der Waals surface area contributed by atoms with Gasteiger partial charge in [0.05, 0.1) is 20.3 Å². The summed E-state index contributed by atoms with van der Waals surface area (Å²) in [5.41, 5.74) is 5.23. The highest BCUT2D eigenvalue weighted by Crippen LogP contribution is 2.46. The van der Waals surface area contributed by atoms with Gasteiger partial charge in [-0.25, -0.2) is 0 Å². The predicted octanol–water partition coefficient (Wildman–Crippen LogP) is 5.35. The molecule has 1 aromatic rings. The molecule has 4 nitrogen and oxygen atoms in total. The van der Waals surface area contributed by atoms with Crippen LogP contribution < -0.4 is 9.64 Å². The third-order valence-corrected chi connectivity index (χ3v) is 5.92. The largest absolute Gasteiger partial charge is 0.497 e. The molecule has 0 saturated carbocycles. The Morgan fingerprint density at radius 3 is 2.64 bits per heavy atom. The average Bonchev–Trinajstić information content (AvgIpc) is 3.02. The van der Waals surface area contributed by atoms with Gasteiger partial charge in [0.15, 0.2) is 0 Å². The summed E-state index contributed by atoms with van der Waals surface area (Å²) in [7, 11) is 3.46. The van der Waals surface area contributed by atoms with Gasteiger partial charge in [0.2, 0.25) is 0 Å². The number of fused-ring (bicyclic) bond motifs is 1. The normalized spacial score (nSPS) is 24.1. The van der Waals surface area contributed by atoms with Gasteiger partial charge < -0.3 is 19.1 Å². The van der Waals surface area contributed by atoms with Crippen molar-refractivity contribution in [2.75, 3.05) is 25.7 Å². The van der Waals surface area contributed by atoms with Crippen LogP contribution in [0, 0.1) is 5.92 Å². The minimum atomic E-state index is 0.244. The molecule has 0 aromatic heterocycles. The monoisotopic (exact) mass is 379 g/mol. The van der Waals surface area contributed by atoms with E-state index in [9.17, 15) is 0 Å². The maximum absolute atomic E-state index is 6.10. The van der Waals surface area contributed by atoms with Gasteiger partial charge in [0.25, 0.3) is 0 Å². The van der Waals surface area contributed by atoms with Crippen molar-refractivity contribution in [2.45, 2.75) is 38.7 Å². The molecular formula is C24H29NO3. The Labute approximate surface area is 167 Å². The van der Waals surface area contributed by atoms with E-state index in [1.807, 2.05) is 18.2 Å². The van der Waals surface area contributed by atoms with Gasteiger partial charge in [-0.05, 0) is 44.0 Å². The molecular weight excluding hydrogens is 350 g/mol. The van der Waals surface area contributed by atoms with E-state index in [0.717, 1.165) is 55.2 Å². The molecule has 2 atom stereocenters. The fourth-order valence-electron chi connectivity index (χ4n) is 4.62. The van der Waals surface area contributed by atoms with Crippen molar-refractivity contribution in [3.8, 4) is 5.75 Å². The number of rotatable bonds is 5. The SMILES string of the molecule is C=CCC1CN(c2ccc(OC)cc2)C=C(OC)C2=C1CCC1=C2CC(C)O1. The predicted molar refractivity (Wildman–Crippen MR) is 112 cm³/mol. The second-order valence-corrected chi connectivity index (χ2v) is 7.70. The first-order chi connectivity index (χ1) is 13.6. The minimum absolute atomic E-state index is 0.244. The Morgan fingerprint density at radius 2 is 1.96 bits per heavy atom. The Bertz CT molecular complexity index is 847. The van der Waals surface area contributed by atoms with Crippen LogP contribution in [0.5, 0.6) is 5.75 Å². The molecule has 28 heavy (non-hydrogen) atoms. The molecule has 3 aliphatic rings. The summed E-state index contributed by atoms with van der Waals surface area (Å²) in [5, 5.41) is 0. The van der Waals surface area contributed by atoms with E-state index in [1.54, 1.807) is 14.2 Å². The van der Waals surface area contributed by atoms with Gasteiger partial charge in [-0.3, -0.25) is 0 Å². The summed E-state index contributed by atoms with van der Waals surface area (Å²) >= 11 is 0. The summed E-state index contributed by atoms with van der Waals surface area (Å²) < 4.78 is 17.3. The van der Waals surface area contributed by atoms with Crippen molar-refractivity contribution in [1.82, 2.24) is 0 Å². The Balaban J connectivity index is 1.78. The number of methoxy groups -OCH3 is 2. The van der Waals surface area contributed by atoms with Crippen LogP contribution in [0.4, 0.5) is 5.69 Å². The van der Waals surface area contributed by atoms with Gasteiger partial charge in [0.1, 0.15) is 17.3 Å². The molecule has 0 fully saturated rings. The number of hydrogen-bond donors (Lipinski definition) is 0. The lowest BCUT2D eigenvalue weighted by Gasteiger charge is -2.28. The molecule has 0 spiro atoms. The van der Waals surface area contributed by atoms with Crippen LogP contribution in [-0.2, 0) is 9.47 Å². The molecule has 1 aromatic carbocycles. The molecule has 148 valence electrons. The van der Waals surface area contributed by atoms with Crippen molar-refractivity contribution in [3.05, 3.63) is 71.4 Å². The van der Waals surface area contributed by atoms with Crippen molar-refractivity contribution >= 4 is 5.69 Å². The number of benzene rings is 1. The van der Waals surface area contributed by atoms with Crippen LogP contribution in [0.15, 0.2) is 71.4 Å². The van der Waals surface area contributed by atoms with Gasteiger partial charge in [-0.15, -0.1) is 6.58 Å². The molecule has 0 saturated heterocycles. The van der Waals surface area contributed by atoms with E-state index in [0.29, 0.717) is 5.92 Å². The second kappa shape index (κ2) is 7.78. The van der Waals surface area contributed by atoms with Gasteiger partial charge in [0, 0.05) is 48.3 Å². The Hall–Kier alpha value is -2.62. The van der Waals surface area contributed by atoms with Crippen molar-refractivity contribution in [3.63, 3.8) is 0 Å². The minimum Gasteiger partial charge on any atom is -0.497 e. The molecule has 2 aliphatic heterocycles. The second-order valence-electron chi connectivity index (χ2n) is 7.70. The van der Waals surface area contributed by atoms with Crippen LogP contribution in [0.25, 0.3) is 0 Å². The number of hydrogen-bond acceptors (Lipinski definition) is 4. The van der Waals surface area contributed by atoms with E-state index in [-0.39, 0.29) is 6.10 Å². The lowest BCUT2D eigenvalue weighted by atomic mass is 9.80. The first kappa shape index (κ1) is 18.7. The van der Waals surface area contributed by atoms with E-state index >= 15 is 0 Å². The number of ether oxygens (including phenoxy) is 3. The fourth-order valence-corrected chi connectivity index (χ4v) is 4.62. The maximum Gasteiger partial charge on any atom is 0.142 e. The summed E-state index contributed by atoms with van der Waals surface area (Å²) in [6.45, 7) is 7.07. The van der Waals surface area contributed by atoms with E-state index < -0.39 is 0 Å². The number of anilines is 1. The summed E-state index contributed by atoms with van der Waals surface area (Å²) in [5.74, 6) is 3.36. The van der Waals surface area contributed by atoms with Gasteiger partial charge in [-0.1, -0.05) is 11.6 Å². The Kier molecular flexibility index (Phi) is 5.21. The zero-order valence-electron chi connectivity index (χ0n) is 17.0. The third-order valence-electron chi connectivity index (χ3n) is 5.92. The molecule has 4 rings (SSSR count). The average molecular weight is 380 g/mol. The lowest BCUT2D eigenvalue weighted by Crippen LogP contribution is -2.25. The van der Waals surface area contributed by atoms with Crippen LogP contribution in [0.1, 0.15) is 32.6 Å². The molecule has 2 heterocycles. The van der Waals surface area contributed by atoms with Crippen LogP contribution in [0.3, 0.4) is 0 Å². The highest BCUT2D eigenvalue weighted by atomic mass is 16.5. The van der Waals surface area contributed by atoms with Crippen LogP contribution in [0.2, 0.25) is 0 Å². The highest BCUT2D eigenvalue weighted by molar-refractivity contribution is 5.59. The maximum atomic E-state index is 6.10.